The van der Waals surface area contributed by atoms with E-state index in [2.05, 4.69) is 12.1 Å². The Morgan fingerprint density at radius 1 is 1.00 bits per heavy atom. The number of nitrogens with zero attached hydrogens (tertiary/aromatic N) is 2. The highest BCUT2D eigenvalue weighted by atomic mass is 16.1. The van der Waals surface area contributed by atoms with Crippen molar-refractivity contribution in [3.05, 3.63) is 71.3 Å². The lowest BCUT2D eigenvalue weighted by Gasteiger charge is -2.01. The monoisotopic (exact) mass is 286 g/mol. The third-order valence-corrected chi connectivity index (χ3v) is 4.35. The van der Waals surface area contributed by atoms with Crippen molar-refractivity contribution in [1.82, 2.24) is 0 Å². The SMILES string of the molecule is Cc1ccc(C(=O)C2C(c3ccccc3)C2(C#N)C#N)cc1. The van der Waals surface area contributed by atoms with Gasteiger partial charge in [0.05, 0.1) is 18.1 Å². The smallest absolute Gasteiger partial charge is 0.169 e. The molecule has 0 aliphatic heterocycles. The van der Waals surface area contributed by atoms with Gasteiger partial charge in [0.15, 0.2) is 11.2 Å². The molecule has 0 saturated heterocycles. The Morgan fingerprint density at radius 2 is 1.59 bits per heavy atom. The van der Waals surface area contributed by atoms with E-state index >= 15 is 0 Å². The van der Waals surface area contributed by atoms with Crippen LogP contribution in [0.5, 0.6) is 0 Å². The van der Waals surface area contributed by atoms with Crippen molar-refractivity contribution < 1.29 is 4.79 Å². The van der Waals surface area contributed by atoms with Gasteiger partial charge in [-0.1, -0.05) is 60.2 Å². The number of hydrogen-bond donors (Lipinski definition) is 0. The summed E-state index contributed by atoms with van der Waals surface area (Å²) < 4.78 is 0. The molecule has 0 bridgehead atoms. The van der Waals surface area contributed by atoms with E-state index in [1.807, 2.05) is 49.4 Å². The van der Waals surface area contributed by atoms with Gasteiger partial charge in [0.1, 0.15) is 0 Å². The molecule has 0 radical (unpaired) electrons. The summed E-state index contributed by atoms with van der Waals surface area (Å²) in [4.78, 5) is 12.7. The fourth-order valence-electron chi connectivity index (χ4n) is 3.06. The van der Waals surface area contributed by atoms with Gasteiger partial charge in [0.2, 0.25) is 0 Å². The lowest BCUT2D eigenvalue weighted by molar-refractivity contribution is 0.0958. The van der Waals surface area contributed by atoms with Crippen LogP contribution in [0.15, 0.2) is 54.6 Å². The van der Waals surface area contributed by atoms with Crippen molar-refractivity contribution in [2.75, 3.05) is 0 Å². The average Bonchev–Trinajstić information content (AvgIpc) is 3.25. The fraction of sp³-hybridized carbons (Fsp3) is 0.211. The normalized spacial score (nSPS) is 21.4. The number of ketones is 1. The van der Waals surface area contributed by atoms with Crippen LogP contribution in [0.25, 0.3) is 0 Å². The highest BCUT2D eigenvalue weighted by Crippen LogP contribution is 2.65. The Hall–Kier alpha value is -2.91. The predicted octanol–water partition coefficient (Wildman–Crippen LogP) is 3.62. The number of benzene rings is 2. The van der Waals surface area contributed by atoms with E-state index in [9.17, 15) is 15.3 Å². The molecule has 3 heteroatoms. The van der Waals surface area contributed by atoms with Crippen molar-refractivity contribution in [3.8, 4) is 12.1 Å². The number of carbonyl (C=O) groups excluding carboxylic acids is 1. The maximum absolute atomic E-state index is 12.7. The highest BCUT2D eigenvalue weighted by molar-refractivity contribution is 6.02. The van der Waals surface area contributed by atoms with Gasteiger partial charge in [-0.3, -0.25) is 4.79 Å². The van der Waals surface area contributed by atoms with Crippen LogP contribution >= 0.6 is 0 Å². The lowest BCUT2D eigenvalue weighted by Crippen LogP contribution is -2.08. The van der Waals surface area contributed by atoms with E-state index < -0.39 is 11.3 Å². The average molecular weight is 286 g/mol. The van der Waals surface area contributed by atoms with Gasteiger partial charge in [0.25, 0.3) is 0 Å². The molecule has 22 heavy (non-hydrogen) atoms. The first kappa shape index (κ1) is 14.0. The van der Waals surface area contributed by atoms with Crippen LogP contribution in [-0.2, 0) is 0 Å². The van der Waals surface area contributed by atoms with Crippen molar-refractivity contribution in [2.24, 2.45) is 11.3 Å². The zero-order valence-corrected chi connectivity index (χ0v) is 12.2. The van der Waals surface area contributed by atoms with Crippen LogP contribution in [0.3, 0.4) is 0 Å². The lowest BCUT2D eigenvalue weighted by atomic mass is 10.00. The summed E-state index contributed by atoms with van der Waals surface area (Å²) in [6, 6.07) is 20.8. The van der Waals surface area contributed by atoms with Crippen LogP contribution in [0.1, 0.15) is 27.4 Å². The first-order valence-electron chi connectivity index (χ1n) is 7.12. The molecule has 0 aromatic heterocycles. The van der Waals surface area contributed by atoms with Crippen molar-refractivity contribution in [2.45, 2.75) is 12.8 Å². The van der Waals surface area contributed by atoms with Crippen LogP contribution in [0, 0.1) is 40.9 Å². The Labute approximate surface area is 129 Å². The number of hydrogen-bond acceptors (Lipinski definition) is 3. The minimum absolute atomic E-state index is 0.128. The molecule has 0 heterocycles. The Morgan fingerprint density at radius 3 is 2.14 bits per heavy atom. The van der Waals surface area contributed by atoms with Crippen LogP contribution in [-0.4, -0.2) is 5.78 Å². The molecule has 106 valence electrons. The molecule has 3 rings (SSSR count). The number of aryl methyl sites for hydroxylation is 1. The minimum atomic E-state index is -1.25. The van der Waals surface area contributed by atoms with Crippen molar-refractivity contribution >= 4 is 5.78 Å². The molecule has 2 unspecified atom stereocenters. The van der Waals surface area contributed by atoms with Crippen molar-refractivity contribution in [3.63, 3.8) is 0 Å². The molecular formula is C19H14N2O. The predicted molar refractivity (Wildman–Crippen MR) is 81.8 cm³/mol. The van der Waals surface area contributed by atoms with Crippen LogP contribution in [0.2, 0.25) is 0 Å². The number of rotatable bonds is 3. The summed E-state index contributed by atoms with van der Waals surface area (Å²) >= 11 is 0. The van der Waals surface area contributed by atoms with Crippen molar-refractivity contribution in [1.29, 1.82) is 10.5 Å². The maximum atomic E-state index is 12.7. The second-order valence-electron chi connectivity index (χ2n) is 5.69. The van der Waals surface area contributed by atoms with E-state index in [4.69, 9.17) is 0 Å². The third-order valence-electron chi connectivity index (χ3n) is 4.35. The zero-order valence-electron chi connectivity index (χ0n) is 12.2. The van der Waals surface area contributed by atoms with Gasteiger partial charge in [-0.15, -0.1) is 0 Å². The van der Waals surface area contributed by atoms with E-state index in [1.165, 1.54) is 0 Å². The van der Waals surface area contributed by atoms with Crippen LogP contribution < -0.4 is 0 Å². The summed E-state index contributed by atoms with van der Waals surface area (Å²) in [5.41, 5.74) is 1.25. The topological polar surface area (TPSA) is 64.7 Å². The van der Waals surface area contributed by atoms with E-state index in [0.29, 0.717) is 5.56 Å². The molecular weight excluding hydrogens is 272 g/mol. The highest BCUT2D eigenvalue weighted by Gasteiger charge is 2.70. The van der Waals surface area contributed by atoms with Gasteiger partial charge in [-0.25, -0.2) is 0 Å². The quantitative estimate of drug-likeness (QED) is 0.809. The molecule has 0 N–H and O–H groups in total. The summed E-state index contributed by atoms with van der Waals surface area (Å²) in [5, 5.41) is 18.9. The Balaban J connectivity index is 1.99. The summed E-state index contributed by atoms with van der Waals surface area (Å²) in [6.07, 6.45) is 0. The molecule has 0 amide bonds. The van der Waals surface area contributed by atoms with E-state index in [-0.39, 0.29) is 11.7 Å². The first-order chi connectivity index (χ1) is 10.6. The fourth-order valence-corrected chi connectivity index (χ4v) is 3.06. The first-order valence-corrected chi connectivity index (χ1v) is 7.12. The number of carbonyl (C=O) groups is 1. The molecule has 1 aliphatic rings. The molecule has 2 aromatic rings. The number of Topliss-reactive ketones (excluding diaryl/α,β-unsaturated/α-hetero) is 1. The second kappa shape index (κ2) is 5.13. The standard InChI is InChI=1S/C19H14N2O/c1-13-7-9-15(10-8-13)18(22)17-16(19(17,11-20)12-21)14-5-3-2-4-6-14/h2-10,16-17H,1H3. The zero-order chi connectivity index (χ0) is 15.7. The molecule has 1 aliphatic carbocycles. The minimum Gasteiger partial charge on any atom is -0.294 e. The third kappa shape index (κ3) is 2.00. The number of nitriles is 2. The largest absolute Gasteiger partial charge is 0.294 e. The van der Waals surface area contributed by atoms with Gasteiger partial charge >= 0.3 is 0 Å². The van der Waals surface area contributed by atoms with Gasteiger partial charge < -0.3 is 0 Å². The van der Waals surface area contributed by atoms with Crippen LogP contribution in [0.4, 0.5) is 0 Å². The molecule has 3 nitrogen and oxygen atoms in total. The summed E-state index contributed by atoms with van der Waals surface area (Å²) in [5.74, 6) is -1.07. The van der Waals surface area contributed by atoms with Gasteiger partial charge in [-0.2, -0.15) is 10.5 Å². The molecule has 0 spiro atoms. The molecule has 1 saturated carbocycles. The van der Waals surface area contributed by atoms with E-state index in [1.54, 1.807) is 12.1 Å². The Bertz CT molecular complexity index is 780. The molecule has 1 fully saturated rings. The summed E-state index contributed by atoms with van der Waals surface area (Å²) in [7, 11) is 0. The molecule has 2 atom stereocenters. The second-order valence-corrected chi connectivity index (χ2v) is 5.69. The van der Waals surface area contributed by atoms with Gasteiger partial charge in [-0.05, 0) is 12.5 Å². The van der Waals surface area contributed by atoms with Gasteiger partial charge in [0, 0.05) is 11.5 Å². The maximum Gasteiger partial charge on any atom is 0.169 e. The Kier molecular flexibility index (Phi) is 3.28. The molecule has 2 aromatic carbocycles. The summed E-state index contributed by atoms with van der Waals surface area (Å²) in [6.45, 7) is 1.95. The van der Waals surface area contributed by atoms with E-state index in [0.717, 1.165) is 11.1 Å².